The van der Waals surface area contributed by atoms with Gasteiger partial charge in [-0.2, -0.15) is 18.4 Å². The molecule has 1 unspecified atom stereocenters. The first-order valence-electron chi connectivity index (χ1n) is 5.71. The van der Waals surface area contributed by atoms with Crippen molar-refractivity contribution in [2.45, 2.75) is 12.6 Å². The van der Waals surface area contributed by atoms with Crippen molar-refractivity contribution in [3.63, 3.8) is 0 Å². The molecular formula is C12H10F3N3O2. The van der Waals surface area contributed by atoms with Gasteiger partial charge in [0, 0.05) is 13.1 Å². The minimum absolute atomic E-state index is 0.0284. The number of alkyl halides is 3. The molecule has 0 spiro atoms. The fourth-order valence-electron chi connectivity index (χ4n) is 2.20. The number of carboxylic acids is 1. The average molecular weight is 285 g/mol. The maximum Gasteiger partial charge on any atom is 0.406 e. The van der Waals surface area contributed by atoms with Gasteiger partial charge in [0.05, 0.1) is 11.9 Å². The maximum atomic E-state index is 13.0. The number of carboxylic acid groups (broad SMARTS) is 1. The number of aromatic nitrogens is 1. The summed E-state index contributed by atoms with van der Waals surface area (Å²) in [5.74, 6) is -1.87. The molecule has 1 aromatic heterocycles. The summed E-state index contributed by atoms with van der Waals surface area (Å²) in [6.45, 7) is -0.682. The zero-order valence-electron chi connectivity index (χ0n) is 10.2. The lowest BCUT2D eigenvalue weighted by Crippen LogP contribution is -2.47. The van der Waals surface area contributed by atoms with E-state index >= 15 is 0 Å². The van der Waals surface area contributed by atoms with Crippen molar-refractivity contribution in [2.75, 3.05) is 18.0 Å². The van der Waals surface area contributed by atoms with Crippen molar-refractivity contribution in [3.05, 3.63) is 24.0 Å². The standard InChI is InChI=1S/C12H10F3N3O2/c13-12(14,15)11(10(19)20)3-4-18(7-11)9-2-1-8(5-16)17-6-9/h1-2,6H,3-4,7H2,(H,19,20). The molecule has 0 amide bonds. The largest absolute Gasteiger partial charge is 0.481 e. The monoisotopic (exact) mass is 285 g/mol. The Morgan fingerprint density at radius 1 is 1.50 bits per heavy atom. The van der Waals surface area contributed by atoms with E-state index in [9.17, 15) is 18.0 Å². The lowest BCUT2D eigenvalue weighted by Gasteiger charge is -2.27. The Bertz CT molecular complexity index is 565. The van der Waals surface area contributed by atoms with Gasteiger partial charge in [-0.25, -0.2) is 4.98 Å². The van der Waals surface area contributed by atoms with Gasteiger partial charge in [0.1, 0.15) is 11.8 Å². The van der Waals surface area contributed by atoms with Gasteiger partial charge < -0.3 is 10.0 Å². The number of halogens is 3. The fourth-order valence-corrected chi connectivity index (χ4v) is 2.20. The number of hydrogen-bond acceptors (Lipinski definition) is 4. The van der Waals surface area contributed by atoms with E-state index in [1.165, 1.54) is 23.2 Å². The number of nitrogens with zero attached hydrogens (tertiary/aromatic N) is 3. The smallest absolute Gasteiger partial charge is 0.406 e. The molecule has 20 heavy (non-hydrogen) atoms. The number of hydrogen-bond donors (Lipinski definition) is 1. The lowest BCUT2D eigenvalue weighted by atomic mass is 9.86. The van der Waals surface area contributed by atoms with E-state index in [4.69, 9.17) is 10.4 Å². The third kappa shape index (κ3) is 2.15. The SMILES string of the molecule is N#Cc1ccc(N2CCC(C(=O)O)(C(F)(F)F)C2)cn1. The molecule has 2 heterocycles. The van der Waals surface area contributed by atoms with Gasteiger partial charge in [0.15, 0.2) is 5.41 Å². The Morgan fingerprint density at radius 2 is 2.20 bits per heavy atom. The number of carbonyl (C=O) groups is 1. The second-order valence-corrected chi connectivity index (χ2v) is 4.57. The summed E-state index contributed by atoms with van der Waals surface area (Å²) in [7, 11) is 0. The van der Waals surface area contributed by atoms with Gasteiger partial charge in [-0.3, -0.25) is 4.79 Å². The predicted octanol–water partition coefficient (Wildman–Crippen LogP) is 1.80. The number of aliphatic carboxylic acids is 1. The normalized spacial score (nSPS) is 22.6. The maximum absolute atomic E-state index is 13.0. The van der Waals surface area contributed by atoms with Gasteiger partial charge in [-0.1, -0.05) is 0 Å². The second kappa shape index (κ2) is 4.67. The molecular weight excluding hydrogens is 275 g/mol. The first-order chi connectivity index (χ1) is 9.30. The third-order valence-corrected chi connectivity index (χ3v) is 3.45. The minimum Gasteiger partial charge on any atom is -0.481 e. The number of anilines is 1. The van der Waals surface area contributed by atoms with E-state index in [1.807, 2.05) is 0 Å². The van der Waals surface area contributed by atoms with Crippen LogP contribution in [0.4, 0.5) is 18.9 Å². The molecule has 1 aliphatic heterocycles. The van der Waals surface area contributed by atoms with Crippen molar-refractivity contribution < 1.29 is 23.1 Å². The molecule has 0 bridgehead atoms. The van der Waals surface area contributed by atoms with Gasteiger partial charge in [0.2, 0.25) is 0 Å². The van der Waals surface area contributed by atoms with E-state index in [0.717, 1.165) is 0 Å². The summed E-state index contributed by atoms with van der Waals surface area (Å²) in [5, 5.41) is 17.5. The first kappa shape index (κ1) is 14.1. The van der Waals surface area contributed by atoms with Crippen LogP contribution in [-0.4, -0.2) is 35.3 Å². The molecule has 1 fully saturated rings. The van der Waals surface area contributed by atoms with Gasteiger partial charge in [-0.05, 0) is 18.6 Å². The summed E-state index contributed by atoms with van der Waals surface area (Å²) in [6, 6.07) is 4.64. The highest BCUT2D eigenvalue weighted by atomic mass is 19.4. The van der Waals surface area contributed by atoms with E-state index in [2.05, 4.69) is 4.98 Å². The van der Waals surface area contributed by atoms with Crippen molar-refractivity contribution in [1.29, 1.82) is 5.26 Å². The quantitative estimate of drug-likeness (QED) is 0.896. The fraction of sp³-hybridized carbons (Fsp3) is 0.417. The van der Waals surface area contributed by atoms with Crippen molar-refractivity contribution in [1.82, 2.24) is 4.98 Å². The molecule has 1 atom stereocenters. The minimum atomic E-state index is -4.81. The molecule has 1 aromatic rings. The van der Waals surface area contributed by atoms with Crippen molar-refractivity contribution in [3.8, 4) is 6.07 Å². The van der Waals surface area contributed by atoms with Crippen LogP contribution in [0.5, 0.6) is 0 Å². The zero-order valence-corrected chi connectivity index (χ0v) is 10.2. The highest BCUT2D eigenvalue weighted by Gasteiger charge is 2.63. The number of rotatable bonds is 2. The third-order valence-electron chi connectivity index (χ3n) is 3.45. The van der Waals surface area contributed by atoms with Crippen LogP contribution in [0.2, 0.25) is 0 Å². The highest BCUT2D eigenvalue weighted by molar-refractivity contribution is 5.78. The van der Waals surface area contributed by atoms with Crippen LogP contribution in [0.15, 0.2) is 18.3 Å². The Morgan fingerprint density at radius 3 is 2.60 bits per heavy atom. The topological polar surface area (TPSA) is 77.2 Å². The van der Waals surface area contributed by atoms with Crippen molar-refractivity contribution >= 4 is 11.7 Å². The van der Waals surface area contributed by atoms with Crippen LogP contribution in [0, 0.1) is 16.7 Å². The Balaban J connectivity index is 2.26. The van der Waals surface area contributed by atoms with Crippen LogP contribution in [-0.2, 0) is 4.79 Å². The molecule has 1 N–H and O–H groups in total. The second-order valence-electron chi connectivity index (χ2n) is 4.57. The molecule has 0 saturated carbocycles. The Hall–Kier alpha value is -2.30. The van der Waals surface area contributed by atoms with E-state index in [1.54, 1.807) is 6.07 Å². The molecule has 106 valence electrons. The highest BCUT2D eigenvalue weighted by Crippen LogP contribution is 2.46. The number of nitriles is 1. The summed E-state index contributed by atoms with van der Waals surface area (Å²) in [4.78, 5) is 16.1. The first-order valence-corrected chi connectivity index (χ1v) is 5.71. The van der Waals surface area contributed by atoms with E-state index < -0.39 is 30.5 Å². The van der Waals surface area contributed by atoms with Crippen LogP contribution < -0.4 is 4.90 Å². The summed E-state index contributed by atoms with van der Waals surface area (Å²) in [6.07, 6.45) is -4.05. The predicted molar refractivity (Wildman–Crippen MR) is 61.9 cm³/mol. The molecule has 5 nitrogen and oxygen atoms in total. The van der Waals surface area contributed by atoms with Crippen LogP contribution >= 0.6 is 0 Å². The van der Waals surface area contributed by atoms with Gasteiger partial charge in [0.25, 0.3) is 0 Å². The van der Waals surface area contributed by atoms with Crippen LogP contribution in [0.1, 0.15) is 12.1 Å². The van der Waals surface area contributed by atoms with E-state index in [0.29, 0.717) is 5.69 Å². The molecule has 1 saturated heterocycles. The van der Waals surface area contributed by atoms with Gasteiger partial charge in [-0.15, -0.1) is 0 Å². The zero-order chi connectivity index (χ0) is 15.0. The van der Waals surface area contributed by atoms with Crippen LogP contribution in [0.3, 0.4) is 0 Å². The summed E-state index contributed by atoms with van der Waals surface area (Å²) >= 11 is 0. The Kier molecular flexibility index (Phi) is 3.29. The van der Waals surface area contributed by atoms with Gasteiger partial charge >= 0.3 is 12.1 Å². The molecule has 2 rings (SSSR count). The molecule has 8 heteroatoms. The molecule has 0 aromatic carbocycles. The summed E-state index contributed by atoms with van der Waals surface area (Å²) < 4.78 is 39.0. The molecule has 1 aliphatic rings. The average Bonchev–Trinajstić information content (AvgIpc) is 2.85. The summed E-state index contributed by atoms with van der Waals surface area (Å²) in [5.41, 5.74) is -2.23. The van der Waals surface area contributed by atoms with E-state index in [-0.39, 0.29) is 12.2 Å². The van der Waals surface area contributed by atoms with Crippen LogP contribution in [0.25, 0.3) is 0 Å². The lowest BCUT2D eigenvalue weighted by molar-refractivity contribution is -0.225. The number of pyridine rings is 1. The van der Waals surface area contributed by atoms with Crippen molar-refractivity contribution in [2.24, 2.45) is 5.41 Å². The molecule has 0 aliphatic carbocycles. The Labute approximate surface area is 112 Å². The molecule has 0 radical (unpaired) electrons.